The first kappa shape index (κ1) is 21.2. The lowest BCUT2D eigenvalue weighted by Gasteiger charge is -2.33. The van der Waals surface area contributed by atoms with Gasteiger partial charge in [0.25, 0.3) is 5.69 Å². The lowest BCUT2D eigenvalue weighted by Crippen LogP contribution is -2.48. The van der Waals surface area contributed by atoms with Gasteiger partial charge >= 0.3 is 0 Å². The monoisotopic (exact) mass is 441 g/mol. The van der Waals surface area contributed by atoms with E-state index in [1.807, 2.05) is 18.2 Å². The lowest BCUT2D eigenvalue weighted by atomic mass is 10.2. The molecule has 1 aliphatic heterocycles. The number of thiazole rings is 1. The molecule has 0 spiro atoms. The number of nitro benzene ring substituents is 1. The molecule has 0 unspecified atom stereocenters. The van der Waals surface area contributed by atoms with Crippen molar-refractivity contribution >= 4 is 38.8 Å². The quantitative estimate of drug-likeness (QED) is 0.444. The van der Waals surface area contributed by atoms with Gasteiger partial charge in [0.15, 0.2) is 0 Å². The second-order valence-corrected chi connectivity index (χ2v) is 8.43. The molecule has 1 saturated heterocycles. The molecule has 1 aromatic heterocycles. The van der Waals surface area contributed by atoms with Crippen LogP contribution in [0.25, 0.3) is 10.2 Å². The second kappa shape index (κ2) is 9.38. The van der Waals surface area contributed by atoms with Crippen molar-refractivity contribution in [3.05, 3.63) is 57.6 Å². The van der Waals surface area contributed by atoms with Crippen molar-refractivity contribution in [1.29, 1.82) is 0 Å². The summed E-state index contributed by atoms with van der Waals surface area (Å²) >= 11 is 1.72. The van der Waals surface area contributed by atoms with Crippen LogP contribution in [0.1, 0.15) is 5.01 Å². The molecule has 1 N–H and O–H groups in total. The molecule has 9 nitrogen and oxygen atoms in total. The van der Waals surface area contributed by atoms with Crippen molar-refractivity contribution in [3.63, 3.8) is 0 Å². The van der Waals surface area contributed by atoms with Gasteiger partial charge in [0.2, 0.25) is 5.91 Å². The van der Waals surface area contributed by atoms with Gasteiger partial charge in [-0.3, -0.25) is 24.7 Å². The smallest absolute Gasteiger partial charge is 0.296 e. The van der Waals surface area contributed by atoms with Crippen molar-refractivity contribution < 1.29 is 14.5 Å². The number of nitro groups is 1. The molecule has 3 aromatic rings. The maximum atomic E-state index is 12.5. The minimum absolute atomic E-state index is 0.172. The van der Waals surface area contributed by atoms with E-state index in [1.54, 1.807) is 17.4 Å². The van der Waals surface area contributed by atoms with Crippen molar-refractivity contribution in [1.82, 2.24) is 14.8 Å². The van der Waals surface area contributed by atoms with Gasteiger partial charge in [-0.1, -0.05) is 12.1 Å². The second-order valence-electron chi connectivity index (χ2n) is 7.32. The highest BCUT2D eigenvalue weighted by atomic mass is 32.1. The number of hydrogen-bond donors (Lipinski definition) is 1. The van der Waals surface area contributed by atoms with Gasteiger partial charge in [0.05, 0.1) is 41.4 Å². The zero-order chi connectivity index (χ0) is 21.8. The average Bonchev–Trinajstić information content (AvgIpc) is 3.17. The number of ether oxygens (including phenoxy) is 1. The number of amides is 1. The fourth-order valence-electron chi connectivity index (χ4n) is 3.57. The first-order valence-electron chi connectivity index (χ1n) is 9.93. The van der Waals surface area contributed by atoms with E-state index in [1.165, 1.54) is 23.9 Å². The molecule has 2 heterocycles. The molecule has 0 bridgehead atoms. The minimum atomic E-state index is -0.529. The van der Waals surface area contributed by atoms with Crippen molar-refractivity contribution in [2.45, 2.75) is 6.54 Å². The van der Waals surface area contributed by atoms with E-state index >= 15 is 0 Å². The van der Waals surface area contributed by atoms with Crippen LogP contribution < -0.4 is 10.1 Å². The number of piperazine rings is 1. The SMILES string of the molecule is COc1ccc(NC(=O)CN2CCN(Cc3nc4ccccc4s3)CC2)c([N+](=O)[O-])c1. The fourth-order valence-corrected chi connectivity index (χ4v) is 4.58. The Morgan fingerprint density at radius 1 is 1.19 bits per heavy atom. The number of carbonyl (C=O) groups excluding carboxylic acids is 1. The van der Waals surface area contributed by atoms with E-state index in [0.717, 1.165) is 43.2 Å². The molecule has 1 amide bonds. The summed E-state index contributed by atoms with van der Waals surface area (Å²) in [5.74, 6) is 0.0989. The number of anilines is 1. The number of fused-ring (bicyclic) bond motifs is 1. The van der Waals surface area contributed by atoms with Crippen LogP contribution in [0.5, 0.6) is 5.75 Å². The van der Waals surface area contributed by atoms with Crippen molar-refractivity contribution in [3.8, 4) is 5.75 Å². The van der Waals surface area contributed by atoms with E-state index < -0.39 is 4.92 Å². The molecule has 4 rings (SSSR count). The molecule has 162 valence electrons. The minimum Gasteiger partial charge on any atom is -0.496 e. The maximum absolute atomic E-state index is 12.5. The van der Waals surface area contributed by atoms with E-state index in [0.29, 0.717) is 5.75 Å². The van der Waals surface area contributed by atoms with Crippen LogP contribution in [0.4, 0.5) is 11.4 Å². The van der Waals surface area contributed by atoms with Gasteiger partial charge in [-0.15, -0.1) is 11.3 Å². The first-order chi connectivity index (χ1) is 15.0. The van der Waals surface area contributed by atoms with Crippen LogP contribution in [0, 0.1) is 10.1 Å². The Labute approximate surface area is 183 Å². The molecule has 0 atom stereocenters. The maximum Gasteiger partial charge on any atom is 0.296 e. The molecule has 0 radical (unpaired) electrons. The molecular formula is C21H23N5O4S. The molecule has 1 fully saturated rings. The lowest BCUT2D eigenvalue weighted by molar-refractivity contribution is -0.384. The Hall–Kier alpha value is -3.08. The van der Waals surface area contributed by atoms with Gasteiger partial charge < -0.3 is 10.1 Å². The zero-order valence-corrected chi connectivity index (χ0v) is 17.9. The number of hydrogen-bond acceptors (Lipinski definition) is 8. The van der Waals surface area contributed by atoms with Gasteiger partial charge in [0.1, 0.15) is 16.4 Å². The largest absolute Gasteiger partial charge is 0.496 e. The standard InChI is InChI=1S/C21H23N5O4S/c1-30-15-6-7-16(18(12-15)26(28)29)22-20(27)13-24-8-10-25(11-9-24)14-21-23-17-4-2-3-5-19(17)31-21/h2-7,12H,8-11,13-14H2,1H3,(H,22,27). The van der Waals surface area contributed by atoms with E-state index in [9.17, 15) is 14.9 Å². The summed E-state index contributed by atoms with van der Waals surface area (Å²) in [7, 11) is 1.44. The van der Waals surface area contributed by atoms with E-state index in [-0.39, 0.29) is 23.8 Å². The third-order valence-corrected chi connectivity index (χ3v) is 6.23. The molecule has 2 aromatic carbocycles. The Balaban J connectivity index is 1.29. The summed E-state index contributed by atoms with van der Waals surface area (Å²) in [6, 6.07) is 12.5. The highest BCUT2D eigenvalue weighted by Crippen LogP contribution is 2.29. The Bertz CT molecular complexity index is 1060. The Morgan fingerprint density at radius 3 is 2.65 bits per heavy atom. The predicted octanol–water partition coefficient (Wildman–Crippen LogP) is 2.97. The average molecular weight is 442 g/mol. The van der Waals surface area contributed by atoms with Gasteiger partial charge in [-0.05, 0) is 24.3 Å². The predicted molar refractivity (Wildman–Crippen MR) is 120 cm³/mol. The van der Waals surface area contributed by atoms with Crippen LogP contribution in [0.3, 0.4) is 0 Å². The molecular weight excluding hydrogens is 418 g/mol. The van der Waals surface area contributed by atoms with Crippen LogP contribution in [-0.2, 0) is 11.3 Å². The topological polar surface area (TPSA) is 101 Å². The summed E-state index contributed by atoms with van der Waals surface area (Å²) in [6.07, 6.45) is 0. The van der Waals surface area contributed by atoms with Gasteiger partial charge in [-0.2, -0.15) is 0 Å². The highest BCUT2D eigenvalue weighted by Gasteiger charge is 2.22. The Kier molecular flexibility index (Phi) is 6.40. The summed E-state index contributed by atoms with van der Waals surface area (Å²) in [6.45, 7) is 4.18. The number of aromatic nitrogens is 1. The number of methoxy groups -OCH3 is 1. The summed E-state index contributed by atoms with van der Waals surface area (Å²) in [5.41, 5.74) is 1.02. The summed E-state index contributed by atoms with van der Waals surface area (Å²) in [5, 5.41) is 15.0. The number of nitrogens with zero attached hydrogens (tertiary/aromatic N) is 4. The highest BCUT2D eigenvalue weighted by molar-refractivity contribution is 7.18. The Morgan fingerprint density at radius 2 is 1.94 bits per heavy atom. The van der Waals surface area contributed by atoms with Crippen LogP contribution in [0.2, 0.25) is 0 Å². The molecule has 0 saturated carbocycles. The summed E-state index contributed by atoms with van der Waals surface area (Å²) < 4.78 is 6.22. The van der Waals surface area contributed by atoms with Crippen LogP contribution >= 0.6 is 11.3 Å². The third-order valence-electron chi connectivity index (χ3n) is 5.20. The number of carbonyl (C=O) groups is 1. The van der Waals surface area contributed by atoms with Gasteiger partial charge in [0, 0.05) is 26.2 Å². The number of rotatable bonds is 7. The molecule has 0 aliphatic carbocycles. The number of nitrogens with one attached hydrogen (secondary N) is 1. The fraction of sp³-hybridized carbons (Fsp3) is 0.333. The number of para-hydroxylation sites is 1. The normalized spacial score (nSPS) is 15.1. The number of benzene rings is 2. The third kappa shape index (κ3) is 5.16. The van der Waals surface area contributed by atoms with Crippen LogP contribution in [0.15, 0.2) is 42.5 Å². The zero-order valence-electron chi connectivity index (χ0n) is 17.1. The van der Waals surface area contributed by atoms with Crippen molar-refractivity contribution in [2.75, 3.05) is 45.2 Å². The molecule has 10 heteroatoms. The molecule has 31 heavy (non-hydrogen) atoms. The van der Waals surface area contributed by atoms with Gasteiger partial charge in [-0.25, -0.2) is 4.98 Å². The molecule has 1 aliphatic rings. The van der Waals surface area contributed by atoms with Crippen molar-refractivity contribution in [2.24, 2.45) is 0 Å². The van der Waals surface area contributed by atoms with E-state index in [2.05, 4.69) is 21.2 Å². The summed E-state index contributed by atoms with van der Waals surface area (Å²) in [4.78, 5) is 32.3. The van der Waals surface area contributed by atoms with E-state index in [4.69, 9.17) is 9.72 Å². The first-order valence-corrected chi connectivity index (χ1v) is 10.7. The van der Waals surface area contributed by atoms with Crippen LogP contribution in [-0.4, -0.2) is 65.4 Å².